The van der Waals surface area contributed by atoms with Crippen molar-refractivity contribution in [2.75, 3.05) is 13.7 Å². The summed E-state index contributed by atoms with van der Waals surface area (Å²) in [6.07, 6.45) is 2.06. The minimum Gasteiger partial charge on any atom is -0.497 e. The van der Waals surface area contributed by atoms with Crippen LogP contribution in [0.2, 0.25) is 0 Å². The molecule has 0 aromatic heterocycles. The third-order valence-electron chi connectivity index (χ3n) is 2.75. The van der Waals surface area contributed by atoms with Gasteiger partial charge in [0, 0.05) is 6.42 Å². The number of aliphatic carboxylic acids is 1. The number of nitrogens with one attached hydrogen (secondary N) is 1. The average molecular weight is 265 g/mol. The van der Waals surface area contributed by atoms with Gasteiger partial charge in [-0.25, -0.2) is 0 Å². The minimum absolute atomic E-state index is 0.112. The molecule has 19 heavy (non-hydrogen) atoms. The molecule has 1 rings (SSSR count). The number of hydrogen-bond donors (Lipinski definition) is 2. The van der Waals surface area contributed by atoms with Gasteiger partial charge in [0.05, 0.1) is 13.2 Å². The van der Waals surface area contributed by atoms with Crippen molar-refractivity contribution in [1.29, 1.82) is 0 Å². The highest BCUT2D eigenvalue weighted by Gasteiger charge is 2.08. The summed E-state index contributed by atoms with van der Waals surface area (Å²) >= 11 is 0. The van der Waals surface area contributed by atoms with Crippen molar-refractivity contribution in [2.45, 2.75) is 25.3 Å². The summed E-state index contributed by atoms with van der Waals surface area (Å²) in [7, 11) is 1.60. The number of methoxy groups -OCH3 is 1. The van der Waals surface area contributed by atoms with Crippen molar-refractivity contribution in [3.63, 3.8) is 0 Å². The van der Waals surface area contributed by atoms with Crippen LogP contribution in [0.25, 0.3) is 0 Å². The van der Waals surface area contributed by atoms with E-state index in [1.54, 1.807) is 7.11 Å². The topological polar surface area (TPSA) is 75.6 Å². The Morgan fingerprint density at radius 1 is 1.42 bits per heavy atom. The van der Waals surface area contributed by atoms with Crippen molar-refractivity contribution in [3.8, 4) is 5.75 Å². The van der Waals surface area contributed by atoms with E-state index in [2.05, 4.69) is 5.32 Å². The normalized spacial score (nSPS) is 11.8. The van der Waals surface area contributed by atoms with Crippen molar-refractivity contribution in [2.24, 2.45) is 0 Å². The van der Waals surface area contributed by atoms with E-state index in [1.807, 2.05) is 24.3 Å². The second kappa shape index (κ2) is 8.26. The molecule has 1 atom stereocenters. The summed E-state index contributed by atoms with van der Waals surface area (Å²) in [6, 6.07) is 7.23. The van der Waals surface area contributed by atoms with Crippen molar-refractivity contribution in [3.05, 3.63) is 29.8 Å². The Kier molecular flexibility index (Phi) is 6.60. The molecule has 0 fully saturated rings. The van der Waals surface area contributed by atoms with Crippen LogP contribution in [0, 0.1) is 0 Å². The zero-order valence-electron chi connectivity index (χ0n) is 11.0. The fourth-order valence-corrected chi connectivity index (χ4v) is 1.71. The van der Waals surface area contributed by atoms with Gasteiger partial charge >= 0.3 is 5.97 Å². The smallest absolute Gasteiger partial charge is 0.303 e. The predicted octanol–water partition coefficient (Wildman–Crippen LogP) is 1.26. The van der Waals surface area contributed by atoms with Crippen molar-refractivity contribution < 1.29 is 19.4 Å². The molecule has 0 amide bonds. The van der Waals surface area contributed by atoms with Crippen LogP contribution in [0.15, 0.2) is 24.3 Å². The number of aldehydes is 1. The maximum Gasteiger partial charge on any atom is 0.303 e. The fraction of sp³-hybridized carbons (Fsp3) is 0.429. The van der Waals surface area contributed by atoms with Crippen LogP contribution >= 0.6 is 0 Å². The number of carboxylic acids is 1. The number of hydrogen-bond acceptors (Lipinski definition) is 4. The molecule has 0 unspecified atom stereocenters. The maximum absolute atomic E-state index is 11.0. The molecule has 0 saturated heterocycles. The molecule has 0 saturated carbocycles. The summed E-state index contributed by atoms with van der Waals surface area (Å²) in [5, 5.41) is 11.6. The van der Waals surface area contributed by atoms with Gasteiger partial charge in [-0.2, -0.15) is 0 Å². The fourth-order valence-electron chi connectivity index (χ4n) is 1.71. The van der Waals surface area contributed by atoms with Crippen LogP contribution in [-0.2, 0) is 16.0 Å². The minimum atomic E-state index is -0.820. The zero-order chi connectivity index (χ0) is 14.1. The van der Waals surface area contributed by atoms with Gasteiger partial charge in [0.1, 0.15) is 12.0 Å². The summed E-state index contributed by atoms with van der Waals surface area (Å²) in [5.41, 5.74) is 1.03. The Morgan fingerprint density at radius 2 is 2.11 bits per heavy atom. The lowest BCUT2D eigenvalue weighted by Crippen LogP contribution is -2.33. The van der Waals surface area contributed by atoms with Gasteiger partial charge < -0.3 is 20.0 Å². The van der Waals surface area contributed by atoms with Crippen LogP contribution in [0.1, 0.15) is 18.4 Å². The molecule has 0 heterocycles. The Hall–Kier alpha value is -1.88. The number of carboxylic acid groups (broad SMARTS) is 1. The highest BCUT2D eigenvalue weighted by atomic mass is 16.5. The second-order valence-corrected chi connectivity index (χ2v) is 4.25. The van der Waals surface area contributed by atoms with Crippen LogP contribution in [0.5, 0.6) is 5.75 Å². The molecule has 104 valence electrons. The Balaban J connectivity index is 2.38. The van der Waals surface area contributed by atoms with E-state index in [4.69, 9.17) is 9.84 Å². The zero-order valence-corrected chi connectivity index (χ0v) is 11.0. The van der Waals surface area contributed by atoms with Crippen molar-refractivity contribution >= 4 is 12.3 Å². The summed E-state index contributed by atoms with van der Waals surface area (Å²) in [4.78, 5) is 21.3. The van der Waals surface area contributed by atoms with Crippen LogP contribution in [0.4, 0.5) is 0 Å². The maximum atomic E-state index is 11.0. The Bertz CT molecular complexity index is 402. The predicted molar refractivity (Wildman–Crippen MR) is 71.4 cm³/mol. The second-order valence-electron chi connectivity index (χ2n) is 4.25. The Morgan fingerprint density at radius 3 is 2.63 bits per heavy atom. The average Bonchev–Trinajstić information content (AvgIpc) is 2.42. The SMILES string of the molecule is COc1ccc(C[C@@H](C=O)NCCCC(=O)O)cc1. The van der Waals surface area contributed by atoms with E-state index in [0.717, 1.165) is 17.6 Å². The molecule has 5 heteroatoms. The van der Waals surface area contributed by atoms with Crippen LogP contribution in [0.3, 0.4) is 0 Å². The molecule has 0 bridgehead atoms. The largest absolute Gasteiger partial charge is 0.497 e. The number of rotatable bonds is 9. The first kappa shape index (κ1) is 15.2. The number of ether oxygens (including phenoxy) is 1. The molecule has 1 aromatic carbocycles. The number of carbonyl (C=O) groups excluding carboxylic acids is 1. The lowest BCUT2D eigenvalue weighted by Gasteiger charge is -2.12. The summed E-state index contributed by atoms with van der Waals surface area (Å²) < 4.78 is 5.06. The monoisotopic (exact) mass is 265 g/mol. The van der Waals surface area contributed by atoms with Gasteiger partial charge in [0.2, 0.25) is 0 Å². The first-order valence-electron chi connectivity index (χ1n) is 6.19. The van der Waals surface area contributed by atoms with Gasteiger partial charge in [-0.15, -0.1) is 0 Å². The lowest BCUT2D eigenvalue weighted by atomic mass is 10.1. The first-order chi connectivity index (χ1) is 9.15. The van der Waals surface area contributed by atoms with Gasteiger partial charge in [0.25, 0.3) is 0 Å². The first-order valence-corrected chi connectivity index (χ1v) is 6.19. The Labute approximate surface area is 112 Å². The van der Waals surface area contributed by atoms with E-state index in [-0.39, 0.29) is 12.5 Å². The molecule has 0 aliphatic carbocycles. The molecule has 0 aliphatic rings. The molecule has 2 N–H and O–H groups in total. The van der Waals surface area contributed by atoms with Crippen LogP contribution in [-0.4, -0.2) is 37.1 Å². The van der Waals surface area contributed by atoms with Gasteiger partial charge in [-0.05, 0) is 37.1 Å². The molecule has 0 spiro atoms. The molecular weight excluding hydrogens is 246 g/mol. The molecule has 0 aliphatic heterocycles. The third-order valence-corrected chi connectivity index (χ3v) is 2.75. The quantitative estimate of drug-likeness (QED) is 0.519. The molecule has 5 nitrogen and oxygen atoms in total. The van der Waals surface area contributed by atoms with Crippen molar-refractivity contribution in [1.82, 2.24) is 5.32 Å². The highest BCUT2D eigenvalue weighted by molar-refractivity contribution is 5.66. The molecule has 0 radical (unpaired) electrons. The summed E-state index contributed by atoms with van der Waals surface area (Å²) in [6.45, 7) is 0.520. The van der Waals surface area contributed by atoms with E-state index in [9.17, 15) is 9.59 Å². The summed E-state index contributed by atoms with van der Waals surface area (Å²) in [5.74, 6) is -0.0413. The van der Waals surface area contributed by atoms with E-state index >= 15 is 0 Å². The third kappa shape index (κ3) is 6.01. The molecular formula is C14H19NO4. The standard InChI is InChI=1S/C14H19NO4/c1-19-13-6-4-11(5-7-13)9-12(10-16)15-8-2-3-14(17)18/h4-7,10,12,15H,2-3,8-9H2,1H3,(H,17,18)/t12-/m0/s1. The number of benzene rings is 1. The van der Waals surface area contributed by atoms with E-state index in [0.29, 0.717) is 19.4 Å². The lowest BCUT2D eigenvalue weighted by molar-refractivity contribution is -0.137. The van der Waals surface area contributed by atoms with Crippen LogP contribution < -0.4 is 10.1 Å². The van der Waals surface area contributed by atoms with Gasteiger partial charge in [-0.1, -0.05) is 12.1 Å². The van der Waals surface area contributed by atoms with Gasteiger partial charge in [0.15, 0.2) is 0 Å². The van der Waals surface area contributed by atoms with E-state index < -0.39 is 5.97 Å². The number of carbonyl (C=O) groups is 2. The van der Waals surface area contributed by atoms with Gasteiger partial charge in [-0.3, -0.25) is 4.79 Å². The highest BCUT2D eigenvalue weighted by Crippen LogP contribution is 2.12. The van der Waals surface area contributed by atoms with E-state index in [1.165, 1.54) is 0 Å². The molecule has 1 aromatic rings.